The average molecular weight is 504 g/mol. The molecule has 5 heteroatoms. The molecule has 0 N–H and O–H groups in total. The summed E-state index contributed by atoms with van der Waals surface area (Å²) in [6.07, 6.45) is 3.77. The van der Waals surface area contributed by atoms with Crippen LogP contribution in [0.1, 0.15) is 5.56 Å². The number of benzene rings is 3. The minimum Gasteiger partial charge on any atom is -0.455 e. The van der Waals surface area contributed by atoms with Gasteiger partial charge in [-0.25, -0.2) is 9.97 Å². The van der Waals surface area contributed by atoms with Gasteiger partial charge in [-0.2, -0.15) is 0 Å². The summed E-state index contributed by atoms with van der Waals surface area (Å²) in [6, 6.07) is 27.2. The molecule has 0 unspecified atom stereocenters. The molecule has 7 rings (SSSR count). The molecule has 34 heavy (non-hydrogen) atoms. The second-order valence-electron chi connectivity index (χ2n) is 8.52. The number of aryl methyl sites for hydroxylation is 1. The maximum absolute atomic E-state index is 6.29. The molecular formula is C29H18BrN3O. The van der Waals surface area contributed by atoms with Crippen LogP contribution in [0.5, 0.6) is 0 Å². The van der Waals surface area contributed by atoms with Gasteiger partial charge in [0, 0.05) is 49.5 Å². The number of pyridine rings is 2. The molecule has 7 aromatic rings. The van der Waals surface area contributed by atoms with Gasteiger partial charge >= 0.3 is 0 Å². The molecule has 0 aliphatic heterocycles. The third-order valence-electron chi connectivity index (χ3n) is 6.46. The monoisotopic (exact) mass is 503 g/mol. The van der Waals surface area contributed by atoms with Gasteiger partial charge in [-0.15, -0.1) is 0 Å². The number of aromatic nitrogens is 3. The first-order valence-corrected chi connectivity index (χ1v) is 11.9. The first-order valence-electron chi connectivity index (χ1n) is 11.1. The van der Waals surface area contributed by atoms with Gasteiger partial charge in [-0.3, -0.25) is 4.57 Å². The molecule has 4 aromatic heterocycles. The Bertz CT molecular complexity index is 1900. The van der Waals surface area contributed by atoms with Crippen molar-refractivity contribution in [3.63, 3.8) is 0 Å². The summed E-state index contributed by atoms with van der Waals surface area (Å²) in [7, 11) is 0. The van der Waals surface area contributed by atoms with Crippen LogP contribution in [0.15, 0.2) is 100 Å². The van der Waals surface area contributed by atoms with Crippen molar-refractivity contribution in [1.82, 2.24) is 14.5 Å². The van der Waals surface area contributed by atoms with Crippen LogP contribution < -0.4 is 0 Å². The number of hydrogen-bond donors (Lipinski definition) is 0. The number of rotatable bonds is 2. The quantitative estimate of drug-likeness (QED) is 0.238. The first-order chi connectivity index (χ1) is 16.7. The number of furan rings is 1. The molecule has 0 amide bonds. The molecule has 0 saturated carbocycles. The smallest absolute Gasteiger partial charge is 0.146 e. The Morgan fingerprint density at radius 2 is 1.56 bits per heavy atom. The lowest BCUT2D eigenvalue weighted by Crippen LogP contribution is -2.01. The first kappa shape index (κ1) is 19.5. The van der Waals surface area contributed by atoms with Crippen LogP contribution in [0.3, 0.4) is 0 Å². The molecule has 0 aliphatic rings. The predicted octanol–water partition coefficient (Wildman–Crippen LogP) is 8.21. The Labute approximate surface area is 203 Å². The van der Waals surface area contributed by atoms with Crippen molar-refractivity contribution < 1.29 is 4.42 Å². The van der Waals surface area contributed by atoms with Crippen molar-refractivity contribution in [3.05, 3.63) is 101 Å². The lowest BCUT2D eigenvalue weighted by atomic mass is 10.0. The summed E-state index contributed by atoms with van der Waals surface area (Å²) in [6.45, 7) is 2.07. The van der Waals surface area contributed by atoms with Gasteiger partial charge in [0.05, 0.1) is 5.52 Å². The molecule has 0 bridgehead atoms. The molecule has 0 radical (unpaired) electrons. The van der Waals surface area contributed by atoms with Crippen molar-refractivity contribution in [1.29, 1.82) is 0 Å². The Balaban J connectivity index is 1.53. The van der Waals surface area contributed by atoms with E-state index in [9.17, 15) is 0 Å². The van der Waals surface area contributed by atoms with Gasteiger partial charge in [-0.1, -0.05) is 54.6 Å². The van der Waals surface area contributed by atoms with Gasteiger partial charge < -0.3 is 4.42 Å². The highest BCUT2D eigenvalue weighted by Gasteiger charge is 2.18. The van der Waals surface area contributed by atoms with Crippen LogP contribution in [0.4, 0.5) is 0 Å². The fraction of sp³-hybridized carbons (Fsp3) is 0.0345. The number of fused-ring (bicyclic) bond motifs is 6. The van der Waals surface area contributed by atoms with E-state index in [-0.39, 0.29) is 0 Å². The van der Waals surface area contributed by atoms with E-state index >= 15 is 0 Å². The zero-order valence-electron chi connectivity index (χ0n) is 18.3. The van der Waals surface area contributed by atoms with Crippen LogP contribution in [-0.4, -0.2) is 14.5 Å². The second-order valence-corrected chi connectivity index (χ2v) is 9.44. The topological polar surface area (TPSA) is 43.9 Å². The number of para-hydroxylation sites is 3. The van der Waals surface area contributed by atoms with Crippen LogP contribution in [0.2, 0.25) is 0 Å². The summed E-state index contributed by atoms with van der Waals surface area (Å²) in [5.41, 5.74) is 6.90. The summed E-state index contributed by atoms with van der Waals surface area (Å²) < 4.78 is 9.40. The third kappa shape index (κ3) is 2.77. The highest BCUT2D eigenvalue weighted by Crippen LogP contribution is 2.38. The molecule has 4 nitrogen and oxygen atoms in total. The van der Waals surface area contributed by atoms with Crippen molar-refractivity contribution in [3.8, 4) is 16.9 Å². The van der Waals surface area contributed by atoms with Gasteiger partial charge in [-0.05, 0) is 52.7 Å². The number of nitrogens with zero attached hydrogens (tertiary/aromatic N) is 3. The normalized spacial score (nSPS) is 11.8. The number of hydrogen-bond acceptors (Lipinski definition) is 3. The second kappa shape index (κ2) is 7.27. The van der Waals surface area contributed by atoms with Gasteiger partial charge in [0.15, 0.2) is 0 Å². The van der Waals surface area contributed by atoms with E-state index < -0.39 is 0 Å². The zero-order chi connectivity index (χ0) is 22.8. The molecule has 0 saturated heterocycles. The van der Waals surface area contributed by atoms with E-state index in [1.54, 1.807) is 0 Å². The summed E-state index contributed by atoms with van der Waals surface area (Å²) in [5, 5.41) is 4.48. The Kier molecular flexibility index (Phi) is 4.17. The van der Waals surface area contributed by atoms with E-state index in [4.69, 9.17) is 14.4 Å². The maximum atomic E-state index is 6.29. The van der Waals surface area contributed by atoms with Crippen LogP contribution in [-0.2, 0) is 0 Å². The van der Waals surface area contributed by atoms with Crippen molar-refractivity contribution in [2.24, 2.45) is 0 Å². The fourth-order valence-electron chi connectivity index (χ4n) is 4.95. The van der Waals surface area contributed by atoms with Gasteiger partial charge in [0.2, 0.25) is 0 Å². The molecule has 162 valence electrons. The zero-order valence-corrected chi connectivity index (χ0v) is 19.9. The largest absolute Gasteiger partial charge is 0.455 e. The molecule has 3 aromatic carbocycles. The van der Waals surface area contributed by atoms with Gasteiger partial charge in [0.25, 0.3) is 0 Å². The average Bonchev–Trinajstić information content (AvgIpc) is 3.40. The predicted molar refractivity (Wildman–Crippen MR) is 142 cm³/mol. The lowest BCUT2D eigenvalue weighted by Gasteiger charge is -2.10. The summed E-state index contributed by atoms with van der Waals surface area (Å²) in [4.78, 5) is 9.69. The van der Waals surface area contributed by atoms with E-state index in [1.807, 2.05) is 30.6 Å². The third-order valence-corrected chi connectivity index (χ3v) is 6.89. The van der Waals surface area contributed by atoms with Gasteiger partial charge in [0.1, 0.15) is 22.6 Å². The molecule has 0 aliphatic carbocycles. The van der Waals surface area contributed by atoms with Crippen LogP contribution >= 0.6 is 15.9 Å². The van der Waals surface area contributed by atoms with Crippen molar-refractivity contribution >= 4 is 59.8 Å². The molecule has 0 atom stereocenters. The Morgan fingerprint density at radius 1 is 0.765 bits per heavy atom. The fourth-order valence-corrected chi connectivity index (χ4v) is 5.39. The summed E-state index contributed by atoms with van der Waals surface area (Å²) in [5.74, 6) is 0.883. The standard InChI is InChI=1S/C29H18BrN3O/c1-17-13-19(30)16-32-28(17)33-25-11-4-2-7-21(25)24-14-18(15-31-29(24)33)20-9-6-10-23-22-8-3-5-12-26(22)34-27(20)23/h2-16H,1H3. The van der Waals surface area contributed by atoms with E-state index in [0.29, 0.717) is 0 Å². The van der Waals surface area contributed by atoms with Crippen molar-refractivity contribution in [2.75, 3.05) is 0 Å². The van der Waals surface area contributed by atoms with Crippen LogP contribution in [0.25, 0.3) is 60.8 Å². The van der Waals surface area contributed by atoms with E-state index in [1.165, 1.54) is 0 Å². The van der Waals surface area contributed by atoms with Crippen LogP contribution in [0, 0.1) is 6.92 Å². The number of halogens is 1. The molecule has 4 heterocycles. The Hall–Kier alpha value is -3.96. The molecule has 0 fully saturated rings. The maximum Gasteiger partial charge on any atom is 0.146 e. The van der Waals surface area contributed by atoms with E-state index in [2.05, 4.69) is 88.1 Å². The van der Waals surface area contributed by atoms with Crippen molar-refractivity contribution in [2.45, 2.75) is 6.92 Å². The SMILES string of the molecule is Cc1cc(Br)cnc1-n1c2ccccc2c2cc(-c3cccc4c3oc3ccccc34)cnc21. The van der Waals surface area contributed by atoms with E-state index in [0.717, 1.165) is 70.9 Å². The Morgan fingerprint density at radius 3 is 2.44 bits per heavy atom. The highest BCUT2D eigenvalue weighted by atomic mass is 79.9. The summed E-state index contributed by atoms with van der Waals surface area (Å²) >= 11 is 3.53. The minimum absolute atomic E-state index is 0.883. The molecule has 0 spiro atoms. The lowest BCUT2D eigenvalue weighted by molar-refractivity contribution is 0.670. The minimum atomic E-state index is 0.883. The molecular weight excluding hydrogens is 486 g/mol. The highest BCUT2D eigenvalue weighted by molar-refractivity contribution is 9.10.